The number of carboxylic acid groups (broad SMARTS) is 1. The van der Waals surface area contributed by atoms with Gasteiger partial charge in [-0.05, 0) is 30.3 Å². The van der Waals surface area contributed by atoms with Crippen molar-refractivity contribution in [1.82, 2.24) is 0 Å². The van der Waals surface area contributed by atoms with E-state index in [1.165, 1.54) is 0 Å². The Hall–Kier alpha value is -2.89. The van der Waals surface area contributed by atoms with Crippen molar-refractivity contribution in [3.8, 4) is 5.75 Å². The standard InChI is InChI=1S/C15H12FNO4/c16-10-6-7-12(15(19)20)13(8-10)17-14(18)9-21-11-4-2-1-3-5-11/h1-8H,9H2,(H,17,18)(H,19,20). The minimum atomic E-state index is -1.26. The molecule has 0 aliphatic carbocycles. The number of rotatable bonds is 5. The largest absolute Gasteiger partial charge is 0.484 e. The highest BCUT2D eigenvalue weighted by Gasteiger charge is 2.13. The summed E-state index contributed by atoms with van der Waals surface area (Å²) in [4.78, 5) is 22.7. The maximum absolute atomic E-state index is 13.1. The third-order valence-corrected chi connectivity index (χ3v) is 2.60. The number of hydrogen-bond donors (Lipinski definition) is 2. The third kappa shape index (κ3) is 4.04. The van der Waals surface area contributed by atoms with Crippen LogP contribution in [0.1, 0.15) is 10.4 Å². The van der Waals surface area contributed by atoms with Crippen molar-refractivity contribution in [1.29, 1.82) is 0 Å². The van der Waals surface area contributed by atoms with Gasteiger partial charge in [0.1, 0.15) is 11.6 Å². The summed E-state index contributed by atoms with van der Waals surface area (Å²) in [5.74, 6) is -1.97. The molecule has 0 aromatic heterocycles. The van der Waals surface area contributed by atoms with Gasteiger partial charge in [-0.2, -0.15) is 0 Å². The van der Waals surface area contributed by atoms with Crippen LogP contribution in [0.25, 0.3) is 0 Å². The minimum Gasteiger partial charge on any atom is -0.484 e. The summed E-state index contributed by atoms with van der Waals surface area (Å²) in [7, 11) is 0. The van der Waals surface area contributed by atoms with E-state index < -0.39 is 17.7 Å². The Morgan fingerprint density at radius 2 is 1.86 bits per heavy atom. The predicted molar refractivity (Wildman–Crippen MR) is 73.9 cm³/mol. The number of hydrogen-bond acceptors (Lipinski definition) is 3. The quantitative estimate of drug-likeness (QED) is 0.887. The first kappa shape index (κ1) is 14.5. The van der Waals surface area contributed by atoms with E-state index in [0.717, 1.165) is 18.2 Å². The summed E-state index contributed by atoms with van der Waals surface area (Å²) in [5.41, 5.74) is -0.298. The molecule has 2 rings (SSSR count). The van der Waals surface area contributed by atoms with Gasteiger partial charge in [-0.3, -0.25) is 4.79 Å². The van der Waals surface area contributed by atoms with Crippen LogP contribution in [0.5, 0.6) is 5.75 Å². The fraction of sp³-hybridized carbons (Fsp3) is 0.0667. The molecule has 0 aliphatic rings. The summed E-state index contributed by atoms with van der Waals surface area (Å²) in [6.07, 6.45) is 0. The van der Waals surface area contributed by atoms with Gasteiger partial charge in [0, 0.05) is 0 Å². The summed E-state index contributed by atoms with van der Waals surface area (Å²) in [6.45, 7) is -0.306. The van der Waals surface area contributed by atoms with Gasteiger partial charge in [0.2, 0.25) is 0 Å². The highest BCUT2D eigenvalue weighted by atomic mass is 19.1. The summed E-state index contributed by atoms with van der Waals surface area (Å²) < 4.78 is 18.4. The Kier molecular flexibility index (Phi) is 4.50. The van der Waals surface area contributed by atoms with Crippen LogP contribution in [-0.4, -0.2) is 23.6 Å². The lowest BCUT2D eigenvalue weighted by atomic mass is 10.1. The van der Waals surface area contributed by atoms with E-state index in [1.807, 2.05) is 0 Å². The highest BCUT2D eigenvalue weighted by Crippen LogP contribution is 2.17. The van der Waals surface area contributed by atoms with Crippen molar-refractivity contribution in [3.05, 3.63) is 59.9 Å². The molecule has 2 aromatic rings. The summed E-state index contributed by atoms with van der Waals surface area (Å²) in [5, 5.41) is 11.3. The van der Waals surface area contributed by atoms with Crippen LogP contribution in [-0.2, 0) is 4.79 Å². The zero-order valence-corrected chi connectivity index (χ0v) is 10.9. The van der Waals surface area contributed by atoms with E-state index >= 15 is 0 Å². The van der Waals surface area contributed by atoms with E-state index in [1.54, 1.807) is 30.3 Å². The van der Waals surface area contributed by atoms with E-state index in [4.69, 9.17) is 9.84 Å². The van der Waals surface area contributed by atoms with Crippen LogP contribution in [0, 0.1) is 5.82 Å². The molecule has 1 amide bonds. The van der Waals surface area contributed by atoms with Crippen molar-refractivity contribution in [3.63, 3.8) is 0 Å². The van der Waals surface area contributed by atoms with Crippen molar-refractivity contribution in [2.24, 2.45) is 0 Å². The molecule has 0 unspecified atom stereocenters. The lowest BCUT2D eigenvalue weighted by Crippen LogP contribution is -2.21. The number of carboxylic acids is 1. The number of aromatic carboxylic acids is 1. The molecule has 21 heavy (non-hydrogen) atoms. The fourth-order valence-corrected chi connectivity index (χ4v) is 1.66. The molecule has 0 fully saturated rings. The summed E-state index contributed by atoms with van der Waals surface area (Å²) in [6, 6.07) is 11.7. The molecule has 108 valence electrons. The Morgan fingerprint density at radius 1 is 1.14 bits per heavy atom. The molecule has 0 spiro atoms. The van der Waals surface area contributed by atoms with Gasteiger partial charge in [-0.1, -0.05) is 18.2 Å². The number of para-hydroxylation sites is 1. The lowest BCUT2D eigenvalue weighted by molar-refractivity contribution is -0.118. The SMILES string of the molecule is O=C(COc1ccccc1)Nc1cc(F)ccc1C(=O)O. The van der Waals surface area contributed by atoms with Crippen LogP contribution in [0.4, 0.5) is 10.1 Å². The molecule has 0 bridgehead atoms. The molecule has 0 saturated carbocycles. The minimum absolute atomic E-state index is 0.107. The second-order valence-corrected chi connectivity index (χ2v) is 4.14. The van der Waals surface area contributed by atoms with E-state index in [2.05, 4.69) is 5.32 Å². The van der Waals surface area contributed by atoms with Crippen molar-refractivity contribution in [2.75, 3.05) is 11.9 Å². The maximum atomic E-state index is 13.1. The van der Waals surface area contributed by atoms with Crippen LogP contribution >= 0.6 is 0 Å². The number of anilines is 1. The first-order chi connectivity index (χ1) is 10.1. The van der Waals surface area contributed by atoms with Crippen LogP contribution in [0.15, 0.2) is 48.5 Å². The molecule has 2 aromatic carbocycles. The number of carbonyl (C=O) groups is 2. The zero-order valence-electron chi connectivity index (χ0n) is 10.9. The monoisotopic (exact) mass is 289 g/mol. The lowest BCUT2D eigenvalue weighted by Gasteiger charge is -2.09. The molecule has 0 radical (unpaired) electrons. The number of amides is 1. The molecule has 2 N–H and O–H groups in total. The van der Waals surface area contributed by atoms with Gasteiger partial charge in [-0.15, -0.1) is 0 Å². The smallest absolute Gasteiger partial charge is 0.337 e. The average Bonchev–Trinajstić information content (AvgIpc) is 2.46. The zero-order chi connectivity index (χ0) is 15.2. The van der Waals surface area contributed by atoms with Crippen molar-refractivity contribution in [2.45, 2.75) is 0 Å². The van der Waals surface area contributed by atoms with Crippen LogP contribution in [0.3, 0.4) is 0 Å². The highest BCUT2D eigenvalue weighted by molar-refractivity contribution is 6.00. The second kappa shape index (κ2) is 6.51. The average molecular weight is 289 g/mol. The Balaban J connectivity index is 2.02. The van der Waals surface area contributed by atoms with Gasteiger partial charge in [0.15, 0.2) is 6.61 Å². The number of carbonyl (C=O) groups excluding carboxylic acids is 1. The Bertz CT molecular complexity index is 658. The normalized spacial score (nSPS) is 9.95. The fourth-order valence-electron chi connectivity index (χ4n) is 1.66. The van der Waals surface area contributed by atoms with Crippen LogP contribution in [0.2, 0.25) is 0 Å². The molecule has 0 heterocycles. The van der Waals surface area contributed by atoms with Gasteiger partial charge >= 0.3 is 5.97 Å². The third-order valence-electron chi connectivity index (χ3n) is 2.60. The van der Waals surface area contributed by atoms with Crippen LogP contribution < -0.4 is 10.1 Å². The molecule has 5 nitrogen and oxygen atoms in total. The number of benzene rings is 2. The number of halogens is 1. The topological polar surface area (TPSA) is 75.6 Å². The molecular formula is C15H12FNO4. The molecule has 0 saturated heterocycles. The Morgan fingerprint density at radius 3 is 2.52 bits per heavy atom. The van der Waals surface area contributed by atoms with Crippen molar-refractivity contribution < 1.29 is 23.8 Å². The second-order valence-electron chi connectivity index (χ2n) is 4.14. The van der Waals surface area contributed by atoms with Gasteiger partial charge in [0.25, 0.3) is 5.91 Å². The first-order valence-corrected chi connectivity index (χ1v) is 6.07. The molecule has 0 aliphatic heterocycles. The molecule has 0 atom stereocenters. The van der Waals surface area contributed by atoms with Gasteiger partial charge < -0.3 is 15.2 Å². The Labute approximate surface area is 120 Å². The van der Waals surface area contributed by atoms with E-state index in [9.17, 15) is 14.0 Å². The summed E-state index contributed by atoms with van der Waals surface area (Å²) >= 11 is 0. The molecular weight excluding hydrogens is 277 g/mol. The van der Waals surface area contributed by atoms with Gasteiger partial charge in [-0.25, -0.2) is 9.18 Å². The molecule has 6 heteroatoms. The predicted octanol–water partition coefficient (Wildman–Crippen LogP) is 2.54. The van der Waals surface area contributed by atoms with E-state index in [0.29, 0.717) is 5.75 Å². The first-order valence-electron chi connectivity index (χ1n) is 6.07. The number of ether oxygens (including phenoxy) is 1. The van der Waals surface area contributed by atoms with Gasteiger partial charge in [0.05, 0.1) is 11.3 Å². The van der Waals surface area contributed by atoms with Crippen molar-refractivity contribution >= 4 is 17.6 Å². The maximum Gasteiger partial charge on any atom is 0.337 e. The number of nitrogens with one attached hydrogen (secondary N) is 1. The van der Waals surface area contributed by atoms with E-state index in [-0.39, 0.29) is 17.9 Å².